The minimum atomic E-state index is -0.729. The Bertz CT molecular complexity index is 710. The van der Waals surface area contributed by atoms with Crippen molar-refractivity contribution in [2.24, 2.45) is 11.7 Å². The highest BCUT2D eigenvalue weighted by atomic mass is 16.6. The molecule has 1 aliphatic rings. The largest absolute Gasteiger partial charge is 0.462 e. The van der Waals surface area contributed by atoms with Gasteiger partial charge in [-0.15, -0.1) is 0 Å². The number of nitrogens with two attached hydrogens (primary N) is 1. The lowest BCUT2D eigenvalue weighted by Crippen LogP contribution is -2.41. The van der Waals surface area contributed by atoms with Crippen LogP contribution in [0.4, 0.5) is 5.69 Å². The van der Waals surface area contributed by atoms with Crippen LogP contribution in [0.3, 0.4) is 0 Å². The average molecular weight is 349 g/mol. The van der Waals surface area contributed by atoms with Crippen molar-refractivity contribution in [3.63, 3.8) is 0 Å². The molecule has 9 heteroatoms. The van der Waals surface area contributed by atoms with Crippen molar-refractivity contribution in [1.82, 2.24) is 4.90 Å². The minimum absolute atomic E-state index is 0.0368. The van der Waals surface area contributed by atoms with E-state index in [4.69, 9.17) is 10.5 Å². The summed E-state index contributed by atoms with van der Waals surface area (Å²) in [6.45, 7) is 2.38. The number of non-ortho nitro benzene ring substituents is 1. The fourth-order valence-electron chi connectivity index (χ4n) is 2.72. The van der Waals surface area contributed by atoms with E-state index >= 15 is 0 Å². The lowest BCUT2D eigenvalue weighted by atomic mass is 9.95. The standard InChI is InChI=1S/C16H19N3O6/c1-2-25-16(22)12-7-11(8-13(9-12)19(23)24)15(21)18-5-3-10(4-6-18)14(17)20/h7-10H,2-6H2,1H3,(H2,17,20). The van der Waals surface area contributed by atoms with Gasteiger partial charge in [0.2, 0.25) is 5.91 Å². The number of nitrogens with zero attached hydrogens (tertiary/aromatic N) is 2. The van der Waals surface area contributed by atoms with E-state index in [-0.39, 0.29) is 29.3 Å². The van der Waals surface area contributed by atoms with E-state index in [9.17, 15) is 24.5 Å². The molecule has 2 N–H and O–H groups in total. The minimum Gasteiger partial charge on any atom is -0.462 e. The molecule has 0 unspecified atom stereocenters. The number of nitro benzene ring substituents is 1. The summed E-state index contributed by atoms with van der Waals surface area (Å²) in [6.07, 6.45) is 0.890. The highest BCUT2D eigenvalue weighted by molar-refractivity contribution is 5.99. The molecule has 0 aromatic heterocycles. The number of hydrogen-bond donors (Lipinski definition) is 1. The summed E-state index contributed by atoms with van der Waals surface area (Å²) in [7, 11) is 0. The lowest BCUT2D eigenvalue weighted by Gasteiger charge is -2.30. The van der Waals surface area contributed by atoms with E-state index in [1.807, 2.05) is 0 Å². The maximum atomic E-state index is 12.6. The molecule has 1 saturated heterocycles. The van der Waals surface area contributed by atoms with Gasteiger partial charge in [-0.05, 0) is 25.8 Å². The smallest absolute Gasteiger partial charge is 0.338 e. The van der Waals surface area contributed by atoms with E-state index in [0.717, 1.165) is 12.1 Å². The average Bonchev–Trinajstić information content (AvgIpc) is 2.60. The first-order valence-corrected chi connectivity index (χ1v) is 7.88. The Morgan fingerprint density at radius 1 is 1.24 bits per heavy atom. The SMILES string of the molecule is CCOC(=O)c1cc(C(=O)N2CCC(C(N)=O)CC2)cc([N+](=O)[O-])c1. The molecule has 2 rings (SSSR count). The Kier molecular flexibility index (Phi) is 5.68. The number of piperidine rings is 1. The highest BCUT2D eigenvalue weighted by Gasteiger charge is 2.28. The Balaban J connectivity index is 2.25. The lowest BCUT2D eigenvalue weighted by molar-refractivity contribution is -0.384. The van der Waals surface area contributed by atoms with Crippen LogP contribution in [0.5, 0.6) is 0 Å². The number of rotatable bonds is 5. The van der Waals surface area contributed by atoms with Gasteiger partial charge in [-0.3, -0.25) is 19.7 Å². The molecule has 1 aromatic rings. The van der Waals surface area contributed by atoms with E-state index in [1.165, 1.54) is 11.0 Å². The second kappa shape index (κ2) is 7.73. The van der Waals surface area contributed by atoms with Crippen molar-refractivity contribution in [3.05, 3.63) is 39.4 Å². The van der Waals surface area contributed by atoms with Crippen molar-refractivity contribution in [2.75, 3.05) is 19.7 Å². The molecule has 2 amide bonds. The van der Waals surface area contributed by atoms with Crippen molar-refractivity contribution in [2.45, 2.75) is 19.8 Å². The van der Waals surface area contributed by atoms with Crippen molar-refractivity contribution in [3.8, 4) is 0 Å². The summed E-state index contributed by atoms with van der Waals surface area (Å²) in [5.41, 5.74) is 4.89. The Labute approximate surface area is 143 Å². The summed E-state index contributed by atoms with van der Waals surface area (Å²) in [6, 6.07) is 3.49. The normalized spacial score (nSPS) is 14.8. The Morgan fingerprint density at radius 2 is 1.84 bits per heavy atom. The zero-order valence-corrected chi connectivity index (χ0v) is 13.8. The van der Waals surface area contributed by atoms with Crippen LogP contribution in [0.15, 0.2) is 18.2 Å². The molecular formula is C16H19N3O6. The number of hydrogen-bond acceptors (Lipinski definition) is 6. The van der Waals surface area contributed by atoms with Gasteiger partial charge in [0.1, 0.15) is 0 Å². The molecule has 1 fully saturated rings. The third kappa shape index (κ3) is 4.31. The van der Waals surface area contributed by atoms with Gasteiger partial charge in [-0.1, -0.05) is 0 Å². The quantitative estimate of drug-likeness (QED) is 0.481. The van der Waals surface area contributed by atoms with E-state index in [2.05, 4.69) is 0 Å². The molecule has 25 heavy (non-hydrogen) atoms. The third-order valence-electron chi connectivity index (χ3n) is 4.07. The number of ether oxygens (including phenoxy) is 1. The number of esters is 1. The number of likely N-dealkylation sites (tertiary alicyclic amines) is 1. The van der Waals surface area contributed by atoms with E-state index in [1.54, 1.807) is 6.92 Å². The van der Waals surface area contributed by atoms with E-state index < -0.39 is 22.7 Å². The molecule has 134 valence electrons. The van der Waals surface area contributed by atoms with Gasteiger partial charge in [-0.2, -0.15) is 0 Å². The van der Waals surface area contributed by atoms with Gasteiger partial charge in [0.15, 0.2) is 0 Å². The molecule has 0 bridgehead atoms. The monoisotopic (exact) mass is 349 g/mol. The Morgan fingerprint density at radius 3 is 2.36 bits per heavy atom. The number of amides is 2. The molecule has 0 spiro atoms. The predicted octanol–water partition coefficient (Wildman–Crippen LogP) is 1.11. The number of carbonyl (C=O) groups excluding carboxylic acids is 3. The van der Waals surface area contributed by atoms with Gasteiger partial charge in [-0.25, -0.2) is 4.79 Å². The van der Waals surface area contributed by atoms with Crippen molar-refractivity contribution in [1.29, 1.82) is 0 Å². The first kappa shape index (κ1) is 18.4. The number of primary amides is 1. The zero-order valence-electron chi connectivity index (χ0n) is 13.8. The van der Waals surface area contributed by atoms with Crippen LogP contribution in [-0.4, -0.2) is 47.3 Å². The number of carbonyl (C=O) groups is 3. The van der Waals surface area contributed by atoms with Crippen LogP contribution >= 0.6 is 0 Å². The summed E-state index contributed by atoms with van der Waals surface area (Å²) in [4.78, 5) is 47.6. The first-order chi connectivity index (χ1) is 11.8. The summed E-state index contributed by atoms with van der Waals surface area (Å²) in [5, 5.41) is 11.1. The molecule has 9 nitrogen and oxygen atoms in total. The van der Waals surface area contributed by atoms with Gasteiger partial charge in [0.25, 0.3) is 11.6 Å². The van der Waals surface area contributed by atoms with Gasteiger partial charge in [0.05, 0.1) is 17.1 Å². The van der Waals surface area contributed by atoms with Gasteiger partial charge < -0.3 is 15.4 Å². The first-order valence-electron chi connectivity index (χ1n) is 7.88. The molecular weight excluding hydrogens is 330 g/mol. The highest BCUT2D eigenvalue weighted by Crippen LogP contribution is 2.22. The van der Waals surface area contributed by atoms with Gasteiger partial charge >= 0.3 is 5.97 Å². The summed E-state index contributed by atoms with van der Waals surface area (Å²) >= 11 is 0. The molecule has 0 saturated carbocycles. The van der Waals surface area contributed by atoms with Crippen LogP contribution in [-0.2, 0) is 9.53 Å². The van der Waals surface area contributed by atoms with Crippen molar-refractivity contribution >= 4 is 23.5 Å². The maximum absolute atomic E-state index is 12.6. The summed E-state index contributed by atoms with van der Waals surface area (Å²) < 4.78 is 4.85. The number of benzene rings is 1. The van der Waals surface area contributed by atoms with Crippen LogP contribution < -0.4 is 5.73 Å². The van der Waals surface area contributed by atoms with E-state index in [0.29, 0.717) is 25.9 Å². The molecule has 1 aliphatic heterocycles. The molecule has 0 atom stereocenters. The number of nitro groups is 1. The van der Waals surface area contributed by atoms with Crippen molar-refractivity contribution < 1.29 is 24.0 Å². The maximum Gasteiger partial charge on any atom is 0.338 e. The Hall–Kier alpha value is -2.97. The fourth-order valence-corrected chi connectivity index (χ4v) is 2.72. The van der Waals surface area contributed by atoms with Crippen LogP contribution in [0, 0.1) is 16.0 Å². The van der Waals surface area contributed by atoms with Crippen LogP contribution in [0.25, 0.3) is 0 Å². The molecule has 0 radical (unpaired) electrons. The zero-order chi connectivity index (χ0) is 18.6. The molecule has 1 heterocycles. The summed E-state index contributed by atoms with van der Waals surface area (Å²) in [5.74, 6) is -1.83. The van der Waals surface area contributed by atoms with Gasteiger partial charge in [0, 0.05) is 36.7 Å². The topological polar surface area (TPSA) is 133 Å². The fraction of sp³-hybridized carbons (Fsp3) is 0.438. The third-order valence-corrected chi connectivity index (χ3v) is 4.07. The second-order valence-corrected chi connectivity index (χ2v) is 5.71. The van der Waals surface area contributed by atoms with Crippen LogP contribution in [0.2, 0.25) is 0 Å². The predicted molar refractivity (Wildman–Crippen MR) is 86.9 cm³/mol. The van der Waals surface area contributed by atoms with Crippen LogP contribution in [0.1, 0.15) is 40.5 Å². The molecule has 0 aliphatic carbocycles. The second-order valence-electron chi connectivity index (χ2n) is 5.71. The molecule has 1 aromatic carbocycles.